The first-order chi connectivity index (χ1) is 13.2. The van der Waals surface area contributed by atoms with Crippen LogP contribution in [0.5, 0.6) is 0 Å². The first kappa shape index (κ1) is 26.4. The summed E-state index contributed by atoms with van der Waals surface area (Å²) in [5, 5.41) is 12.8. The van der Waals surface area contributed by atoms with Gasteiger partial charge < -0.3 is 16.2 Å². The first-order valence-electron chi connectivity index (χ1n) is 11.5. The normalized spacial score (nSPS) is 12.6. The van der Waals surface area contributed by atoms with Crippen molar-refractivity contribution in [2.24, 2.45) is 5.73 Å². The van der Waals surface area contributed by atoms with Crippen LogP contribution in [0, 0.1) is 0 Å². The van der Waals surface area contributed by atoms with E-state index in [4.69, 9.17) is 5.73 Å². The molecule has 1 atom stereocenters. The number of nitrogens with one attached hydrogen (secondary N) is 1. The average molecular weight is 386 g/mol. The van der Waals surface area contributed by atoms with Crippen molar-refractivity contribution in [2.45, 2.75) is 103 Å². The zero-order valence-electron chi connectivity index (χ0n) is 18.2. The molecular formula is C22H47N3O2. The summed E-state index contributed by atoms with van der Waals surface area (Å²) in [4.78, 5) is 13.6. The monoisotopic (exact) mass is 385 g/mol. The van der Waals surface area contributed by atoms with Gasteiger partial charge in [-0.2, -0.15) is 0 Å². The molecule has 4 N–H and O–H groups in total. The van der Waals surface area contributed by atoms with Gasteiger partial charge in [0.25, 0.3) is 0 Å². The highest BCUT2D eigenvalue weighted by Crippen LogP contribution is 2.14. The number of carboxylic acid groups (broad SMARTS) is 1. The molecule has 27 heavy (non-hydrogen) atoms. The number of nitrogens with zero attached hydrogens (tertiary/aromatic N) is 1. The quantitative estimate of drug-likeness (QED) is 0.255. The predicted molar refractivity (Wildman–Crippen MR) is 116 cm³/mol. The van der Waals surface area contributed by atoms with Crippen LogP contribution in [0.25, 0.3) is 0 Å². The van der Waals surface area contributed by atoms with E-state index in [1.165, 1.54) is 70.6 Å². The van der Waals surface area contributed by atoms with Gasteiger partial charge in [0.1, 0.15) is 0 Å². The fourth-order valence-corrected chi connectivity index (χ4v) is 3.60. The maximum absolute atomic E-state index is 11.4. The molecule has 0 fully saturated rings. The van der Waals surface area contributed by atoms with Gasteiger partial charge in [-0.15, -0.1) is 0 Å². The topological polar surface area (TPSA) is 78.6 Å². The molecule has 0 spiro atoms. The highest BCUT2D eigenvalue weighted by Gasteiger charge is 2.20. The number of carbonyl (C=O) groups is 1. The molecule has 0 aliphatic rings. The fraction of sp³-hybridized carbons (Fsp3) is 0.955. The average Bonchev–Trinajstić information content (AvgIpc) is 2.64. The molecule has 0 aliphatic heterocycles. The van der Waals surface area contributed by atoms with Crippen LogP contribution in [-0.2, 0) is 4.79 Å². The van der Waals surface area contributed by atoms with Crippen LogP contribution in [0.15, 0.2) is 0 Å². The van der Waals surface area contributed by atoms with Crippen molar-refractivity contribution in [2.75, 3.05) is 32.7 Å². The summed E-state index contributed by atoms with van der Waals surface area (Å²) in [6, 6.07) is 0.300. The SMILES string of the molecule is CCCCCCCCC(CNCCN)N(CCCCCCCC)CC(=O)O. The zero-order chi connectivity index (χ0) is 20.2. The molecule has 0 aliphatic carbocycles. The minimum absolute atomic E-state index is 0.153. The second-order valence-corrected chi connectivity index (χ2v) is 7.84. The first-order valence-corrected chi connectivity index (χ1v) is 11.5. The van der Waals surface area contributed by atoms with Crippen molar-refractivity contribution < 1.29 is 9.90 Å². The van der Waals surface area contributed by atoms with E-state index in [2.05, 4.69) is 24.1 Å². The molecule has 0 saturated carbocycles. The van der Waals surface area contributed by atoms with Crippen LogP contribution >= 0.6 is 0 Å². The number of rotatable bonds is 21. The Morgan fingerprint density at radius 3 is 2.04 bits per heavy atom. The van der Waals surface area contributed by atoms with E-state index >= 15 is 0 Å². The van der Waals surface area contributed by atoms with Crippen molar-refractivity contribution in [3.05, 3.63) is 0 Å². The highest BCUT2D eigenvalue weighted by atomic mass is 16.4. The summed E-state index contributed by atoms with van der Waals surface area (Å²) in [6.07, 6.45) is 16.2. The van der Waals surface area contributed by atoms with Gasteiger partial charge in [-0.1, -0.05) is 84.5 Å². The van der Waals surface area contributed by atoms with Gasteiger partial charge in [-0.25, -0.2) is 0 Å². The summed E-state index contributed by atoms with van der Waals surface area (Å²) in [6.45, 7) is 7.78. The predicted octanol–water partition coefficient (Wildman–Crippen LogP) is 4.40. The maximum atomic E-state index is 11.4. The van der Waals surface area contributed by atoms with Gasteiger partial charge in [-0.3, -0.25) is 9.69 Å². The minimum atomic E-state index is -0.715. The van der Waals surface area contributed by atoms with E-state index in [-0.39, 0.29) is 6.54 Å². The van der Waals surface area contributed by atoms with Gasteiger partial charge in [0.05, 0.1) is 6.54 Å². The van der Waals surface area contributed by atoms with E-state index in [1.54, 1.807) is 0 Å². The Morgan fingerprint density at radius 2 is 1.48 bits per heavy atom. The molecule has 0 aromatic heterocycles. The fourth-order valence-electron chi connectivity index (χ4n) is 3.60. The molecule has 0 bridgehead atoms. The van der Waals surface area contributed by atoms with Crippen molar-refractivity contribution in [3.8, 4) is 0 Å². The third-order valence-electron chi connectivity index (χ3n) is 5.25. The highest BCUT2D eigenvalue weighted by molar-refractivity contribution is 5.69. The molecule has 5 nitrogen and oxygen atoms in total. The smallest absolute Gasteiger partial charge is 0.317 e. The molecule has 0 amide bonds. The lowest BCUT2D eigenvalue weighted by Gasteiger charge is -2.31. The Hall–Kier alpha value is -0.650. The number of aliphatic carboxylic acids is 1. The zero-order valence-corrected chi connectivity index (χ0v) is 18.2. The van der Waals surface area contributed by atoms with E-state index < -0.39 is 5.97 Å². The Bertz CT molecular complexity index is 327. The van der Waals surface area contributed by atoms with Crippen LogP contribution in [0.3, 0.4) is 0 Å². The van der Waals surface area contributed by atoms with Crippen molar-refractivity contribution >= 4 is 5.97 Å². The molecular weight excluding hydrogens is 338 g/mol. The second kappa shape index (κ2) is 20.1. The van der Waals surface area contributed by atoms with Gasteiger partial charge in [0.2, 0.25) is 0 Å². The Morgan fingerprint density at radius 1 is 0.926 bits per heavy atom. The lowest BCUT2D eigenvalue weighted by molar-refractivity contribution is -0.139. The minimum Gasteiger partial charge on any atom is -0.480 e. The number of nitrogens with two attached hydrogens (primary N) is 1. The molecule has 0 radical (unpaired) electrons. The third kappa shape index (κ3) is 17.2. The molecule has 162 valence electrons. The molecule has 0 aromatic carbocycles. The van der Waals surface area contributed by atoms with Crippen molar-refractivity contribution in [1.29, 1.82) is 0 Å². The van der Waals surface area contributed by atoms with E-state index in [0.29, 0.717) is 12.6 Å². The van der Waals surface area contributed by atoms with Crippen molar-refractivity contribution in [3.63, 3.8) is 0 Å². The molecule has 0 rings (SSSR count). The van der Waals surface area contributed by atoms with Crippen LogP contribution < -0.4 is 11.1 Å². The molecule has 0 heterocycles. The Balaban J connectivity index is 4.43. The number of hydrogen-bond acceptors (Lipinski definition) is 4. The molecule has 5 heteroatoms. The van der Waals surface area contributed by atoms with E-state index in [9.17, 15) is 9.90 Å². The molecule has 0 aromatic rings. The van der Waals surface area contributed by atoms with Crippen LogP contribution in [0.2, 0.25) is 0 Å². The summed E-state index contributed by atoms with van der Waals surface area (Å²) in [7, 11) is 0. The van der Waals surface area contributed by atoms with Crippen molar-refractivity contribution in [1.82, 2.24) is 10.2 Å². The van der Waals surface area contributed by atoms with Gasteiger partial charge in [0, 0.05) is 25.7 Å². The number of carboxylic acids is 1. The maximum Gasteiger partial charge on any atom is 0.317 e. The second-order valence-electron chi connectivity index (χ2n) is 7.84. The van der Waals surface area contributed by atoms with E-state index in [0.717, 1.165) is 32.5 Å². The van der Waals surface area contributed by atoms with Crippen LogP contribution in [0.4, 0.5) is 0 Å². The Kier molecular flexibility index (Phi) is 19.6. The standard InChI is InChI=1S/C22H47N3O2/c1-3-5-7-9-11-13-15-21(19-24-17-16-23)25(20-22(26)27)18-14-12-10-8-6-4-2/h21,24H,3-20,23H2,1-2H3,(H,26,27). The summed E-state index contributed by atoms with van der Waals surface area (Å²) in [5.41, 5.74) is 5.61. The number of unbranched alkanes of at least 4 members (excludes halogenated alkanes) is 10. The third-order valence-corrected chi connectivity index (χ3v) is 5.25. The summed E-state index contributed by atoms with van der Waals surface area (Å²) < 4.78 is 0. The lowest BCUT2D eigenvalue weighted by atomic mass is 10.0. The van der Waals surface area contributed by atoms with Gasteiger partial charge >= 0.3 is 5.97 Å². The van der Waals surface area contributed by atoms with Gasteiger partial charge in [-0.05, 0) is 19.4 Å². The number of hydrogen-bond donors (Lipinski definition) is 3. The molecule has 0 saturated heterocycles. The lowest BCUT2D eigenvalue weighted by Crippen LogP contribution is -2.46. The van der Waals surface area contributed by atoms with E-state index in [1.807, 2.05) is 0 Å². The van der Waals surface area contributed by atoms with Gasteiger partial charge in [0.15, 0.2) is 0 Å². The van der Waals surface area contributed by atoms with Crippen LogP contribution in [-0.4, -0.2) is 54.7 Å². The van der Waals surface area contributed by atoms with Crippen LogP contribution in [0.1, 0.15) is 97.3 Å². The summed E-state index contributed by atoms with van der Waals surface area (Å²) in [5.74, 6) is -0.715. The largest absolute Gasteiger partial charge is 0.480 e. The summed E-state index contributed by atoms with van der Waals surface area (Å²) >= 11 is 0. The molecule has 1 unspecified atom stereocenters. The Labute approximate surface area is 168 Å².